The van der Waals surface area contributed by atoms with Crippen LogP contribution >= 0.6 is 0 Å². The number of aliphatic hydroxyl groups is 1. The van der Waals surface area contributed by atoms with E-state index in [1.807, 2.05) is 30.5 Å². The predicted octanol–water partition coefficient (Wildman–Crippen LogP) is 0.544. The van der Waals surface area contributed by atoms with Crippen molar-refractivity contribution in [3.63, 3.8) is 0 Å². The molecular weight excluding hydrogens is 278 g/mol. The number of nitrogens with one attached hydrogen (secondary N) is 1. The summed E-state index contributed by atoms with van der Waals surface area (Å²) in [5, 5.41) is 9.33. The van der Waals surface area contributed by atoms with Gasteiger partial charge in [0.2, 0.25) is 10.0 Å². The Morgan fingerprint density at radius 3 is 2.65 bits per heavy atom. The molecule has 2 rings (SSSR count). The van der Waals surface area contributed by atoms with E-state index in [-0.39, 0.29) is 17.5 Å². The molecule has 20 heavy (non-hydrogen) atoms. The van der Waals surface area contributed by atoms with Crippen molar-refractivity contribution in [3.05, 3.63) is 18.0 Å². The molecule has 1 aliphatic rings. The Labute approximate surface area is 120 Å². The summed E-state index contributed by atoms with van der Waals surface area (Å²) in [5.41, 5.74) is 0.660. The van der Waals surface area contributed by atoms with E-state index in [1.54, 1.807) is 12.3 Å². The summed E-state index contributed by atoms with van der Waals surface area (Å²) in [6.07, 6.45) is 3.73. The molecule has 1 unspecified atom stereocenters. The first-order valence-corrected chi connectivity index (χ1v) is 8.30. The number of nitrogens with zero attached hydrogens (tertiary/aromatic N) is 2. The molecule has 114 valence electrons. The highest BCUT2D eigenvalue weighted by Gasteiger charge is 2.28. The first-order valence-electron chi connectivity index (χ1n) is 6.82. The van der Waals surface area contributed by atoms with Gasteiger partial charge in [-0.2, -0.15) is 0 Å². The summed E-state index contributed by atoms with van der Waals surface area (Å²) in [5.74, 6) is 0. The monoisotopic (exact) mass is 301 g/mol. The third kappa shape index (κ3) is 3.60. The van der Waals surface area contributed by atoms with Crippen molar-refractivity contribution in [2.24, 2.45) is 0 Å². The lowest BCUT2D eigenvalue weighted by Crippen LogP contribution is -2.39. The molecule has 6 nitrogen and oxygen atoms in total. The Balaban J connectivity index is 2.16. The van der Waals surface area contributed by atoms with Gasteiger partial charge in [0.05, 0.1) is 11.5 Å². The highest BCUT2D eigenvalue weighted by Crippen LogP contribution is 2.37. The van der Waals surface area contributed by atoms with Crippen molar-refractivity contribution in [1.82, 2.24) is 14.2 Å². The lowest BCUT2D eigenvalue weighted by Gasteiger charge is -2.17. The minimum atomic E-state index is -3.53. The number of aromatic nitrogens is 1. The van der Waals surface area contributed by atoms with Gasteiger partial charge < -0.3 is 14.6 Å². The molecule has 7 heteroatoms. The largest absolute Gasteiger partial charge is 0.390 e. The zero-order chi connectivity index (χ0) is 14.9. The van der Waals surface area contributed by atoms with Crippen molar-refractivity contribution in [2.45, 2.75) is 43.4 Å². The number of hydrogen-bond donors (Lipinski definition) is 2. The molecule has 0 spiro atoms. The zero-order valence-corrected chi connectivity index (χ0v) is 13.0. The van der Waals surface area contributed by atoms with Crippen molar-refractivity contribution >= 4 is 10.0 Å². The van der Waals surface area contributed by atoms with Crippen LogP contribution in [0, 0.1) is 0 Å². The van der Waals surface area contributed by atoms with Crippen molar-refractivity contribution in [1.29, 1.82) is 0 Å². The maximum absolute atomic E-state index is 12.3. The second kappa shape index (κ2) is 5.85. The van der Waals surface area contributed by atoms with E-state index >= 15 is 0 Å². The van der Waals surface area contributed by atoms with Crippen LogP contribution in [-0.4, -0.2) is 49.7 Å². The first kappa shape index (κ1) is 15.5. The number of hydrogen-bond acceptors (Lipinski definition) is 4. The summed E-state index contributed by atoms with van der Waals surface area (Å²) < 4.78 is 29.2. The molecule has 0 amide bonds. The van der Waals surface area contributed by atoms with Crippen LogP contribution in [0.4, 0.5) is 0 Å². The fourth-order valence-electron chi connectivity index (χ4n) is 2.38. The van der Waals surface area contributed by atoms with E-state index in [2.05, 4.69) is 4.72 Å². The Morgan fingerprint density at radius 1 is 1.50 bits per heavy atom. The topological polar surface area (TPSA) is 74.6 Å². The SMILES string of the molecule is CC(CN(C)C)NS(=O)(=O)c1cc(CO)n(C2CC2)c1. The zero-order valence-electron chi connectivity index (χ0n) is 12.2. The maximum atomic E-state index is 12.3. The Bertz CT molecular complexity index is 561. The van der Waals surface area contributed by atoms with E-state index in [4.69, 9.17) is 0 Å². The quantitative estimate of drug-likeness (QED) is 0.771. The Morgan fingerprint density at radius 2 is 2.15 bits per heavy atom. The normalized spacial score (nSPS) is 17.6. The van der Waals surface area contributed by atoms with E-state index < -0.39 is 10.0 Å². The van der Waals surface area contributed by atoms with Crippen molar-refractivity contribution in [2.75, 3.05) is 20.6 Å². The van der Waals surface area contributed by atoms with Gasteiger partial charge in [0.1, 0.15) is 0 Å². The molecule has 0 aromatic carbocycles. The predicted molar refractivity (Wildman–Crippen MR) is 77.0 cm³/mol. The summed E-state index contributed by atoms with van der Waals surface area (Å²) in [4.78, 5) is 2.17. The molecular formula is C13H23N3O3S. The fraction of sp³-hybridized carbons (Fsp3) is 0.692. The van der Waals surface area contributed by atoms with Crippen LogP contribution in [-0.2, 0) is 16.6 Å². The van der Waals surface area contributed by atoms with Crippen LogP contribution in [0.3, 0.4) is 0 Å². The standard InChI is InChI=1S/C13H23N3O3S/c1-10(7-15(2)3)14-20(18,19)13-6-12(9-17)16(8-13)11-4-5-11/h6,8,10-11,14,17H,4-5,7,9H2,1-3H3. The third-order valence-electron chi connectivity index (χ3n) is 3.31. The van der Waals surface area contributed by atoms with Crippen LogP contribution in [0.1, 0.15) is 31.5 Å². The fourth-order valence-corrected chi connectivity index (χ4v) is 3.66. The van der Waals surface area contributed by atoms with Crippen LogP contribution in [0.2, 0.25) is 0 Å². The molecule has 0 radical (unpaired) electrons. The van der Waals surface area contributed by atoms with Crippen LogP contribution < -0.4 is 4.72 Å². The van der Waals surface area contributed by atoms with Gasteiger partial charge in [-0.1, -0.05) is 0 Å². The molecule has 1 aromatic heterocycles. The van der Waals surface area contributed by atoms with E-state index in [9.17, 15) is 13.5 Å². The Hall–Kier alpha value is -0.890. The molecule has 1 heterocycles. The molecule has 1 aromatic rings. The van der Waals surface area contributed by atoms with Crippen LogP contribution in [0.25, 0.3) is 0 Å². The number of likely N-dealkylation sites (N-methyl/N-ethyl adjacent to an activating group) is 1. The van der Waals surface area contributed by atoms with Gasteiger partial charge in [-0.3, -0.25) is 0 Å². The van der Waals surface area contributed by atoms with Gasteiger partial charge in [0.15, 0.2) is 0 Å². The van der Waals surface area contributed by atoms with Gasteiger partial charge in [-0.05, 0) is 39.9 Å². The van der Waals surface area contributed by atoms with Crippen molar-refractivity contribution in [3.8, 4) is 0 Å². The van der Waals surface area contributed by atoms with E-state index in [0.29, 0.717) is 18.3 Å². The summed E-state index contributed by atoms with van der Waals surface area (Å²) in [6.45, 7) is 2.33. The minimum absolute atomic E-state index is 0.140. The lowest BCUT2D eigenvalue weighted by molar-refractivity contribution is 0.270. The number of rotatable bonds is 7. The molecule has 1 fully saturated rings. The molecule has 2 N–H and O–H groups in total. The van der Waals surface area contributed by atoms with Crippen LogP contribution in [0.5, 0.6) is 0 Å². The minimum Gasteiger partial charge on any atom is -0.390 e. The van der Waals surface area contributed by atoms with Crippen LogP contribution in [0.15, 0.2) is 17.2 Å². The lowest BCUT2D eigenvalue weighted by atomic mass is 10.3. The molecule has 0 saturated heterocycles. The van der Waals surface area contributed by atoms with Gasteiger partial charge in [-0.15, -0.1) is 0 Å². The average Bonchev–Trinajstić information content (AvgIpc) is 3.05. The van der Waals surface area contributed by atoms with Crippen molar-refractivity contribution < 1.29 is 13.5 Å². The average molecular weight is 301 g/mol. The smallest absolute Gasteiger partial charge is 0.242 e. The van der Waals surface area contributed by atoms with Gasteiger partial charge in [0.25, 0.3) is 0 Å². The van der Waals surface area contributed by atoms with E-state index in [0.717, 1.165) is 12.8 Å². The first-order chi connectivity index (χ1) is 9.33. The number of sulfonamides is 1. The summed E-state index contributed by atoms with van der Waals surface area (Å²) in [7, 11) is 0.271. The van der Waals surface area contributed by atoms with Gasteiger partial charge >= 0.3 is 0 Å². The number of aliphatic hydroxyl groups excluding tert-OH is 1. The Kier molecular flexibility index (Phi) is 4.53. The molecule has 0 bridgehead atoms. The second-order valence-electron chi connectivity index (χ2n) is 5.75. The van der Waals surface area contributed by atoms with E-state index in [1.165, 1.54) is 0 Å². The molecule has 1 aliphatic carbocycles. The molecule has 1 atom stereocenters. The third-order valence-corrected chi connectivity index (χ3v) is 4.87. The summed E-state index contributed by atoms with van der Waals surface area (Å²) >= 11 is 0. The highest BCUT2D eigenvalue weighted by molar-refractivity contribution is 7.89. The molecule has 1 saturated carbocycles. The second-order valence-corrected chi connectivity index (χ2v) is 7.46. The van der Waals surface area contributed by atoms with Gasteiger partial charge in [0, 0.05) is 30.5 Å². The maximum Gasteiger partial charge on any atom is 0.242 e. The summed E-state index contributed by atoms with van der Waals surface area (Å²) in [6, 6.07) is 1.74. The molecule has 0 aliphatic heterocycles. The highest BCUT2D eigenvalue weighted by atomic mass is 32.2. The van der Waals surface area contributed by atoms with Gasteiger partial charge in [-0.25, -0.2) is 13.1 Å².